The van der Waals surface area contributed by atoms with Crippen molar-refractivity contribution in [1.29, 1.82) is 0 Å². The largest absolute Gasteiger partial charge is 0.496 e. The van der Waals surface area contributed by atoms with Crippen LogP contribution >= 0.6 is 0 Å². The Morgan fingerprint density at radius 2 is 1.45 bits per heavy atom. The van der Waals surface area contributed by atoms with Crippen LogP contribution in [0.15, 0.2) is 77.7 Å². The first kappa shape index (κ1) is 23.3. The van der Waals surface area contributed by atoms with Crippen molar-refractivity contribution in [2.45, 2.75) is 44.2 Å². The number of nitrogens with zero attached hydrogens (tertiary/aromatic N) is 2. The molecule has 0 aromatic heterocycles. The Morgan fingerprint density at radius 3 is 2.06 bits per heavy atom. The van der Waals surface area contributed by atoms with Gasteiger partial charge in [0.2, 0.25) is 0 Å². The first-order chi connectivity index (χ1) is 15.9. The van der Waals surface area contributed by atoms with E-state index in [1.807, 2.05) is 68.4 Å². The summed E-state index contributed by atoms with van der Waals surface area (Å²) in [6.07, 6.45) is 1.54. The van der Waals surface area contributed by atoms with E-state index in [0.717, 1.165) is 60.6 Å². The summed E-state index contributed by atoms with van der Waals surface area (Å²) in [5.74, 6) is 0.892. The third-order valence-electron chi connectivity index (χ3n) is 6.34. The van der Waals surface area contributed by atoms with Crippen LogP contribution in [0.3, 0.4) is 0 Å². The highest BCUT2D eigenvalue weighted by atomic mass is 32.2. The van der Waals surface area contributed by atoms with Crippen LogP contribution in [-0.2, 0) is 16.6 Å². The second kappa shape index (κ2) is 9.98. The van der Waals surface area contributed by atoms with E-state index in [2.05, 4.69) is 11.0 Å². The van der Waals surface area contributed by atoms with Gasteiger partial charge in [0, 0.05) is 31.2 Å². The first-order valence-electron chi connectivity index (χ1n) is 11.4. The minimum absolute atomic E-state index is 0.0899. The van der Waals surface area contributed by atoms with Gasteiger partial charge in [-0.15, -0.1) is 0 Å². The molecule has 0 bridgehead atoms. The molecule has 1 fully saturated rings. The van der Waals surface area contributed by atoms with E-state index in [9.17, 15) is 8.42 Å². The van der Waals surface area contributed by atoms with Crippen molar-refractivity contribution in [3.05, 3.63) is 89.5 Å². The summed E-state index contributed by atoms with van der Waals surface area (Å²) in [5.41, 5.74) is 4.03. The summed E-state index contributed by atoms with van der Waals surface area (Å²) >= 11 is 0. The maximum atomic E-state index is 13.8. The summed E-state index contributed by atoms with van der Waals surface area (Å²) in [4.78, 5) is 2.71. The van der Waals surface area contributed by atoms with Gasteiger partial charge in [-0.1, -0.05) is 53.6 Å². The number of para-hydroxylation sites is 1. The highest BCUT2D eigenvalue weighted by Crippen LogP contribution is 2.31. The highest BCUT2D eigenvalue weighted by Gasteiger charge is 2.34. The number of hydrogen-bond donors (Lipinski definition) is 0. The van der Waals surface area contributed by atoms with E-state index < -0.39 is 10.0 Å². The van der Waals surface area contributed by atoms with Crippen LogP contribution in [-0.4, -0.2) is 39.6 Å². The zero-order chi connectivity index (χ0) is 23.4. The number of ether oxygens (including phenoxy) is 1. The fourth-order valence-electron chi connectivity index (χ4n) is 4.45. The number of likely N-dealkylation sites (tertiary alicyclic amines) is 1. The van der Waals surface area contributed by atoms with E-state index >= 15 is 0 Å². The Bertz CT molecular complexity index is 1170. The molecule has 0 N–H and O–H groups in total. The fourth-order valence-corrected chi connectivity index (χ4v) is 6.16. The summed E-state index contributed by atoms with van der Waals surface area (Å²) in [7, 11) is -1.98. The molecule has 0 atom stereocenters. The zero-order valence-corrected chi connectivity index (χ0v) is 20.4. The standard InChI is InChI=1S/C27H32N2O3S/c1-21-8-12-24(13-9-21)29(33(30,31)26-14-10-22(2)11-15-26)25-16-18-28(19-17-25)20-23-6-4-5-7-27(23)32-3/h4-15,25H,16-20H2,1-3H3. The Hall–Kier alpha value is -2.83. The molecule has 0 saturated carbocycles. The maximum absolute atomic E-state index is 13.8. The van der Waals surface area contributed by atoms with Gasteiger partial charge in [-0.3, -0.25) is 9.21 Å². The fraction of sp³-hybridized carbons (Fsp3) is 0.333. The van der Waals surface area contributed by atoms with Crippen molar-refractivity contribution in [3.63, 3.8) is 0 Å². The van der Waals surface area contributed by atoms with Gasteiger partial charge in [0.1, 0.15) is 5.75 Å². The molecule has 1 aliphatic rings. The molecule has 1 saturated heterocycles. The number of anilines is 1. The topological polar surface area (TPSA) is 49.9 Å². The molecule has 3 aromatic rings. The molecule has 0 spiro atoms. The van der Waals surface area contributed by atoms with E-state index in [1.54, 1.807) is 23.5 Å². The van der Waals surface area contributed by atoms with Crippen molar-refractivity contribution in [2.24, 2.45) is 0 Å². The maximum Gasteiger partial charge on any atom is 0.264 e. The zero-order valence-electron chi connectivity index (χ0n) is 19.6. The lowest BCUT2D eigenvalue weighted by atomic mass is 10.0. The molecule has 0 aliphatic carbocycles. The lowest BCUT2D eigenvalue weighted by Gasteiger charge is -2.39. The van der Waals surface area contributed by atoms with Crippen LogP contribution < -0.4 is 9.04 Å². The molecular formula is C27H32N2O3S. The number of methoxy groups -OCH3 is 1. The van der Waals surface area contributed by atoms with Gasteiger partial charge in [-0.05, 0) is 57.0 Å². The van der Waals surface area contributed by atoms with Crippen molar-refractivity contribution in [1.82, 2.24) is 4.90 Å². The van der Waals surface area contributed by atoms with Crippen molar-refractivity contribution < 1.29 is 13.2 Å². The van der Waals surface area contributed by atoms with Crippen molar-refractivity contribution in [3.8, 4) is 5.75 Å². The average molecular weight is 465 g/mol. The van der Waals surface area contributed by atoms with E-state index in [4.69, 9.17) is 4.74 Å². The quantitative estimate of drug-likeness (QED) is 0.484. The van der Waals surface area contributed by atoms with Crippen molar-refractivity contribution >= 4 is 15.7 Å². The summed E-state index contributed by atoms with van der Waals surface area (Å²) in [5, 5.41) is 0. The number of sulfonamides is 1. The minimum atomic E-state index is -3.68. The monoisotopic (exact) mass is 464 g/mol. The Morgan fingerprint density at radius 1 is 0.879 bits per heavy atom. The number of piperidine rings is 1. The van der Waals surface area contributed by atoms with Crippen LogP contribution in [0.25, 0.3) is 0 Å². The average Bonchev–Trinajstić information content (AvgIpc) is 2.82. The van der Waals surface area contributed by atoms with Crippen LogP contribution in [0.1, 0.15) is 29.5 Å². The molecule has 0 unspecified atom stereocenters. The predicted octanol–water partition coefficient (Wildman–Crippen LogP) is 5.17. The minimum Gasteiger partial charge on any atom is -0.496 e. The summed E-state index contributed by atoms with van der Waals surface area (Å²) < 4.78 is 34.7. The first-order valence-corrected chi connectivity index (χ1v) is 12.8. The van der Waals surface area contributed by atoms with E-state index in [0.29, 0.717) is 4.90 Å². The Balaban J connectivity index is 1.57. The van der Waals surface area contributed by atoms with Gasteiger partial charge < -0.3 is 4.74 Å². The third-order valence-corrected chi connectivity index (χ3v) is 8.24. The van der Waals surface area contributed by atoms with Gasteiger partial charge >= 0.3 is 0 Å². The van der Waals surface area contributed by atoms with E-state index in [1.165, 1.54) is 0 Å². The number of aryl methyl sites for hydroxylation is 2. The Kier molecular flexibility index (Phi) is 7.05. The van der Waals surface area contributed by atoms with Gasteiger partial charge in [0.25, 0.3) is 10.0 Å². The number of rotatable bonds is 7. The van der Waals surface area contributed by atoms with Gasteiger partial charge in [-0.25, -0.2) is 8.42 Å². The van der Waals surface area contributed by atoms with Crippen LogP contribution in [0, 0.1) is 13.8 Å². The summed E-state index contributed by atoms with van der Waals surface area (Å²) in [6.45, 7) is 6.43. The molecule has 1 aliphatic heterocycles. The van der Waals surface area contributed by atoms with Crippen LogP contribution in [0.4, 0.5) is 5.69 Å². The van der Waals surface area contributed by atoms with Crippen molar-refractivity contribution in [2.75, 3.05) is 24.5 Å². The van der Waals surface area contributed by atoms with Gasteiger partial charge in [0.15, 0.2) is 0 Å². The van der Waals surface area contributed by atoms with Crippen LogP contribution in [0.2, 0.25) is 0 Å². The predicted molar refractivity (Wildman–Crippen MR) is 133 cm³/mol. The Labute approximate surface area is 197 Å². The molecule has 174 valence electrons. The normalized spacial score (nSPS) is 15.4. The molecule has 5 nitrogen and oxygen atoms in total. The molecule has 0 radical (unpaired) electrons. The number of hydrogen-bond acceptors (Lipinski definition) is 4. The van der Waals surface area contributed by atoms with Gasteiger partial charge in [0.05, 0.1) is 17.7 Å². The lowest BCUT2D eigenvalue weighted by molar-refractivity contribution is 0.204. The SMILES string of the molecule is COc1ccccc1CN1CCC(N(c2ccc(C)cc2)S(=O)(=O)c2ccc(C)cc2)CC1. The molecule has 33 heavy (non-hydrogen) atoms. The molecule has 4 rings (SSSR count). The molecular weight excluding hydrogens is 432 g/mol. The summed E-state index contributed by atoms with van der Waals surface area (Å²) in [6, 6.07) is 22.9. The smallest absolute Gasteiger partial charge is 0.264 e. The second-order valence-electron chi connectivity index (χ2n) is 8.77. The third kappa shape index (κ3) is 5.23. The molecule has 0 amide bonds. The molecule has 3 aromatic carbocycles. The molecule has 1 heterocycles. The lowest BCUT2D eigenvalue weighted by Crippen LogP contribution is -2.47. The van der Waals surface area contributed by atoms with E-state index in [-0.39, 0.29) is 6.04 Å². The second-order valence-corrected chi connectivity index (χ2v) is 10.6. The molecule has 6 heteroatoms. The van der Waals surface area contributed by atoms with Crippen LogP contribution in [0.5, 0.6) is 5.75 Å². The highest BCUT2D eigenvalue weighted by molar-refractivity contribution is 7.92. The van der Waals surface area contributed by atoms with Gasteiger partial charge in [-0.2, -0.15) is 0 Å². The number of benzene rings is 3.